The number of benzene rings is 2. The fourth-order valence-electron chi connectivity index (χ4n) is 5.67. The standard InChI is InChI=1S/C30H25ClN8O2/c1-36-16-20(15-32-36)9-8-19-12-22-26-23(34-33-22)14-25(29(40)37(2)24(26)13-19)38-11-10-21-27(30(38)41)35-39(28(21)31)17-18-6-4-3-5-7-18/h3-7,12-13,15-16,25H,10-11,14,17H2,1-2H3,(H,33,34)/t25-/m0/s1. The predicted octanol–water partition coefficient (Wildman–Crippen LogP) is 3.18. The monoisotopic (exact) mass is 564 g/mol. The summed E-state index contributed by atoms with van der Waals surface area (Å²) in [5, 5.41) is 17.7. The van der Waals surface area contributed by atoms with Gasteiger partial charge in [-0.3, -0.25) is 19.4 Å². The number of aryl methyl sites for hydroxylation is 1. The van der Waals surface area contributed by atoms with E-state index in [1.807, 2.05) is 55.7 Å². The molecule has 41 heavy (non-hydrogen) atoms. The van der Waals surface area contributed by atoms with E-state index in [1.54, 1.807) is 32.4 Å². The van der Waals surface area contributed by atoms with Gasteiger partial charge in [-0.15, -0.1) is 0 Å². The number of aromatic amines is 1. The summed E-state index contributed by atoms with van der Waals surface area (Å²) in [6.07, 6.45) is 4.37. The predicted molar refractivity (Wildman–Crippen MR) is 154 cm³/mol. The van der Waals surface area contributed by atoms with E-state index >= 15 is 0 Å². The van der Waals surface area contributed by atoms with Gasteiger partial charge >= 0.3 is 0 Å². The number of amides is 2. The van der Waals surface area contributed by atoms with E-state index in [9.17, 15) is 9.59 Å². The van der Waals surface area contributed by atoms with E-state index in [0.717, 1.165) is 33.3 Å². The number of halogens is 1. The molecule has 0 saturated heterocycles. The Hall–Kier alpha value is -4.88. The zero-order chi connectivity index (χ0) is 28.2. The molecule has 5 heterocycles. The fraction of sp³-hybridized carbons (Fsp3) is 0.233. The summed E-state index contributed by atoms with van der Waals surface area (Å²) in [6.45, 7) is 0.820. The molecule has 0 fully saturated rings. The lowest BCUT2D eigenvalue weighted by Gasteiger charge is -2.34. The van der Waals surface area contributed by atoms with Crippen LogP contribution in [0.3, 0.4) is 0 Å². The van der Waals surface area contributed by atoms with Gasteiger partial charge in [-0.1, -0.05) is 53.8 Å². The summed E-state index contributed by atoms with van der Waals surface area (Å²) >= 11 is 6.68. The molecule has 2 amide bonds. The van der Waals surface area contributed by atoms with Gasteiger partial charge in [0.1, 0.15) is 11.2 Å². The molecule has 2 aromatic carbocycles. The van der Waals surface area contributed by atoms with Crippen LogP contribution in [0.4, 0.5) is 5.69 Å². The van der Waals surface area contributed by atoms with E-state index in [-0.39, 0.29) is 11.8 Å². The minimum absolute atomic E-state index is 0.181. The van der Waals surface area contributed by atoms with E-state index in [4.69, 9.17) is 11.6 Å². The van der Waals surface area contributed by atoms with Crippen molar-refractivity contribution in [1.82, 2.24) is 34.7 Å². The van der Waals surface area contributed by atoms with Crippen molar-refractivity contribution in [2.24, 2.45) is 7.05 Å². The van der Waals surface area contributed by atoms with Crippen LogP contribution in [0.2, 0.25) is 5.15 Å². The highest BCUT2D eigenvalue weighted by Crippen LogP contribution is 2.36. The molecule has 2 aliphatic rings. The van der Waals surface area contributed by atoms with Crippen molar-refractivity contribution in [3.05, 3.63) is 93.7 Å². The van der Waals surface area contributed by atoms with Gasteiger partial charge in [0, 0.05) is 55.5 Å². The Morgan fingerprint density at radius 2 is 1.90 bits per heavy atom. The number of fused-ring (bicyclic) bond motifs is 1. The SMILES string of the molecule is CN1C(=O)[C@@H](N2CCc3c(nn(Cc4ccccc4)c3Cl)C2=O)Cc2[nH]nc3cc(C#Cc4cnn(C)c4)cc1c23. The van der Waals surface area contributed by atoms with E-state index in [2.05, 4.69) is 32.2 Å². The zero-order valence-corrected chi connectivity index (χ0v) is 23.2. The highest BCUT2D eigenvalue weighted by atomic mass is 35.5. The molecular formula is C30H25ClN8O2. The quantitative estimate of drug-likeness (QED) is 0.339. The largest absolute Gasteiger partial charge is 0.324 e. The molecular weight excluding hydrogens is 540 g/mol. The first-order valence-electron chi connectivity index (χ1n) is 13.3. The Morgan fingerprint density at radius 3 is 2.68 bits per heavy atom. The fourth-order valence-corrected chi connectivity index (χ4v) is 5.96. The molecule has 7 rings (SSSR count). The van der Waals surface area contributed by atoms with Gasteiger partial charge in [0.25, 0.3) is 5.91 Å². The van der Waals surface area contributed by atoms with Crippen LogP contribution in [-0.4, -0.2) is 66.1 Å². The Balaban J connectivity index is 1.20. The molecule has 0 radical (unpaired) electrons. The Labute approximate surface area is 240 Å². The molecule has 0 unspecified atom stereocenters. The topological polar surface area (TPSA) is 105 Å². The molecule has 1 atom stereocenters. The molecule has 1 N–H and O–H groups in total. The van der Waals surface area contributed by atoms with Crippen LogP contribution in [0.1, 0.15) is 38.4 Å². The lowest BCUT2D eigenvalue weighted by molar-refractivity contribution is -0.122. The van der Waals surface area contributed by atoms with Crippen LogP contribution >= 0.6 is 11.6 Å². The highest BCUT2D eigenvalue weighted by Gasteiger charge is 2.41. The number of carbonyl (C=O) groups excluding carboxylic acids is 2. The number of H-pyrrole nitrogens is 1. The summed E-state index contributed by atoms with van der Waals surface area (Å²) < 4.78 is 3.35. The number of likely N-dealkylation sites (N-methyl/N-ethyl adjacent to an activating group) is 1. The average Bonchev–Trinajstić information content (AvgIpc) is 3.66. The number of anilines is 1. The summed E-state index contributed by atoms with van der Waals surface area (Å²) in [6, 6.07) is 12.9. The van der Waals surface area contributed by atoms with Gasteiger partial charge in [0.05, 0.1) is 29.5 Å². The highest BCUT2D eigenvalue weighted by molar-refractivity contribution is 6.31. The number of nitrogens with one attached hydrogen (secondary N) is 1. The number of aromatic nitrogens is 6. The normalized spacial score (nSPS) is 16.5. The molecule has 2 aliphatic heterocycles. The second-order valence-corrected chi connectivity index (χ2v) is 10.7. The van der Waals surface area contributed by atoms with Gasteiger partial charge in [-0.05, 0) is 24.1 Å². The van der Waals surface area contributed by atoms with E-state index in [1.165, 1.54) is 0 Å². The molecule has 0 saturated carbocycles. The van der Waals surface area contributed by atoms with Crippen LogP contribution in [-0.2, 0) is 31.2 Å². The van der Waals surface area contributed by atoms with Crippen molar-refractivity contribution < 1.29 is 9.59 Å². The third kappa shape index (κ3) is 4.26. The maximum atomic E-state index is 13.9. The molecule has 0 aliphatic carbocycles. The minimum atomic E-state index is -0.723. The number of hydrogen-bond donors (Lipinski definition) is 1. The van der Waals surface area contributed by atoms with Crippen LogP contribution in [0, 0.1) is 11.8 Å². The molecule has 0 bridgehead atoms. The minimum Gasteiger partial charge on any atom is -0.324 e. The number of carbonyl (C=O) groups is 2. The summed E-state index contributed by atoms with van der Waals surface area (Å²) in [5.74, 6) is 5.80. The van der Waals surface area contributed by atoms with E-state index in [0.29, 0.717) is 48.0 Å². The van der Waals surface area contributed by atoms with Gasteiger partial charge in [0.15, 0.2) is 5.69 Å². The van der Waals surface area contributed by atoms with Crippen molar-refractivity contribution in [3.63, 3.8) is 0 Å². The van der Waals surface area contributed by atoms with Crippen molar-refractivity contribution in [3.8, 4) is 11.8 Å². The first-order valence-corrected chi connectivity index (χ1v) is 13.6. The Bertz CT molecular complexity index is 1910. The van der Waals surface area contributed by atoms with Crippen LogP contribution in [0.25, 0.3) is 10.9 Å². The molecule has 204 valence electrons. The van der Waals surface area contributed by atoms with E-state index < -0.39 is 6.04 Å². The second kappa shape index (κ2) is 9.64. The van der Waals surface area contributed by atoms with Gasteiger partial charge in [0.2, 0.25) is 5.91 Å². The Kier molecular flexibility index (Phi) is 5.91. The third-order valence-electron chi connectivity index (χ3n) is 7.74. The lowest BCUT2D eigenvalue weighted by Crippen LogP contribution is -2.53. The van der Waals surface area contributed by atoms with Gasteiger partial charge < -0.3 is 9.80 Å². The second-order valence-electron chi connectivity index (χ2n) is 10.4. The Morgan fingerprint density at radius 1 is 1.10 bits per heavy atom. The van der Waals surface area contributed by atoms with Crippen LogP contribution in [0.15, 0.2) is 54.9 Å². The smallest absolute Gasteiger partial charge is 0.275 e. The first kappa shape index (κ1) is 25.1. The number of nitrogens with zero attached hydrogens (tertiary/aromatic N) is 7. The maximum Gasteiger partial charge on any atom is 0.275 e. The van der Waals surface area contributed by atoms with Gasteiger partial charge in [-0.25, -0.2) is 4.68 Å². The summed E-state index contributed by atoms with van der Waals surface area (Å²) in [5.41, 5.74) is 5.80. The van der Waals surface area contributed by atoms with Crippen LogP contribution in [0.5, 0.6) is 0 Å². The maximum absolute atomic E-state index is 13.9. The molecule has 11 heteroatoms. The first-order chi connectivity index (χ1) is 19.9. The van der Waals surface area contributed by atoms with Crippen molar-refractivity contribution in [2.75, 3.05) is 18.5 Å². The number of hydrogen-bond acceptors (Lipinski definition) is 5. The van der Waals surface area contributed by atoms with Gasteiger partial charge in [-0.2, -0.15) is 15.3 Å². The molecule has 10 nitrogen and oxygen atoms in total. The molecule has 5 aromatic rings. The van der Waals surface area contributed by atoms with Crippen LogP contribution < -0.4 is 4.90 Å². The molecule has 0 spiro atoms. The number of rotatable bonds is 3. The molecule has 3 aromatic heterocycles. The van der Waals surface area contributed by atoms with Crippen molar-refractivity contribution in [2.45, 2.75) is 25.4 Å². The van der Waals surface area contributed by atoms with Crippen molar-refractivity contribution in [1.29, 1.82) is 0 Å². The average molecular weight is 565 g/mol. The third-order valence-corrected chi connectivity index (χ3v) is 8.16. The summed E-state index contributed by atoms with van der Waals surface area (Å²) in [7, 11) is 3.57. The zero-order valence-electron chi connectivity index (χ0n) is 22.4. The summed E-state index contributed by atoms with van der Waals surface area (Å²) in [4.78, 5) is 30.9. The lowest BCUT2D eigenvalue weighted by atomic mass is 10.0. The van der Waals surface area contributed by atoms with Crippen molar-refractivity contribution >= 4 is 40.0 Å².